The zero-order valence-corrected chi connectivity index (χ0v) is 84.2. The van der Waals surface area contributed by atoms with E-state index in [-0.39, 0.29) is 73.7 Å². The van der Waals surface area contributed by atoms with Gasteiger partial charge in [-0.1, -0.05) is 188 Å². The number of carbonyl (C=O) groups is 4. The number of alkyl halides is 9. The Bertz CT molecular complexity index is 6210. The van der Waals surface area contributed by atoms with E-state index >= 15 is 26.3 Å². The van der Waals surface area contributed by atoms with Crippen LogP contribution in [-0.4, -0.2) is 165 Å². The summed E-state index contributed by atoms with van der Waals surface area (Å²) < 4.78 is 291. The number of amides is 3. The first kappa shape index (κ1) is 112. The maximum atomic E-state index is 16.1. The highest BCUT2D eigenvalue weighted by molar-refractivity contribution is 9.11. The van der Waals surface area contributed by atoms with Crippen LogP contribution in [0.5, 0.6) is 0 Å². The monoisotopic (exact) mass is 2270 g/mol. The highest BCUT2D eigenvalue weighted by Crippen LogP contribution is 2.46. The van der Waals surface area contributed by atoms with Crippen molar-refractivity contribution < 1.29 is 115 Å². The third-order valence-electron chi connectivity index (χ3n) is 25.2. The van der Waals surface area contributed by atoms with Gasteiger partial charge in [0.25, 0.3) is 26.8 Å². The smallest absolute Gasteiger partial charge is 0.475 e. The molecule has 0 saturated carbocycles. The van der Waals surface area contributed by atoms with Crippen molar-refractivity contribution in [3.05, 3.63) is 320 Å². The number of halogens is 17. The summed E-state index contributed by atoms with van der Waals surface area (Å²) in [6.45, 7) is 2.08. The maximum Gasteiger partial charge on any atom is 0.490 e. The van der Waals surface area contributed by atoms with Crippen molar-refractivity contribution in [2.45, 2.75) is 194 Å². The predicted octanol–water partition coefficient (Wildman–Crippen LogP) is 20.1. The van der Waals surface area contributed by atoms with E-state index in [0.717, 1.165) is 48.2 Å². The van der Waals surface area contributed by atoms with Gasteiger partial charge in [0.2, 0.25) is 47.8 Å². The van der Waals surface area contributed by atoms with Crippen molar-refractivity contribution in [2.75, 3.05) is 0 Å². The van der Waals surface area contributed by atoms with E-state index in [1.54, 1.807) is 60.7 Å². The maximum absolute atomic E-state index is 16.1. The molecule has 6 aliphatic rings. The fourth-order valence-electron chi connectivity index (χ4n) is 18.3. The Kier molecular flexibility index (Phi) is 36.5. The largest absolute Gasteiger partial charge is 0.490 e. The second kappa shape index (κ2) is 46.7. The van der Waals surface area contributed by atoms with Gasteiger partial charge in [-0.2, -0.15) is 53.7 Å². The van der Waals surface area contributed by atoms with Crippen LogP contribution in [0.15, 0.2) is 300 Å². The van der Waals surface area contributed by atoms with Crippen LogP contribution >= 0.6 is 58.5 Å². The molecule has 3 amide bonds. The second-order valence-electron chi connectivity index (χ2n) is 34.8. The molecule has 17 rings (SSSR count). The SMILES string of the molecule is CC1CC2CCC(C1)N2C(=O)C(NS(=O)(=O)c1ccc(-c2ccc(F)cc2)cc1)C(F)(F)c1ccc(Br)cc1.NC1CC2CCC(C1)N2C(=O)C(NS(=O)(=O)c1ccc(-c2ccc(F)cc2)cc1)C(F)(F)c1ccc(Br)cc1.NC1CC2CCC(C1)N2C(=O)[C@H](NS(=O)(=O)c1ccc(-c2ccc(F)cc2)cc1)C(F)(F)c1ccc(Br)cc1.O=C(O)C(F)(F)F.O=S(=O)(Cl)c1ccc(-c2ccc(F)cc2)cc1.[B][B]. The standard InChI is InChI=1S/C29H28BrF3N2O3S.2C28H27BrF3N3O3S.C12H8ClFO2S.C2HF3O2.B2/c1-18-16-24-12-13-25(17-18)35(24)28(36)27(29(32,33)21-6-8-22(30)9-7-21)34-39(37,38)26-14-4-20(5-15-26)19-2-10-23(31)11-3-19;2*29-20-7-5-19(6-8-20)28(31,32)26(27(36)35-23-11-12-24(35)16-22(33)15-23)34-39(37,38)25-13-3-18(4-14-25)17-1-9-21(30)10-2-17;13-17(15,16)12-7-3-10(4-8-12)9-1-5-11(14)6-2-9;3-2(4,5)1(6)7;1-2/h2-11,14-15,18,24-25,27,34H,12-13,16-17H2,1H3;2*1-10,13-14,22-24,26,34H,11-12,15-16,33H2;1-8H;(H,6,7);/t;22?,23?,24?,26-;;;;/m.0..../s1. The molecule has 44 heteroatoms. The number of piperidine rings is 3. The Hall–Kier alpha value is -10.2. The summed E-state index contributed by atoms with van der Waals surface area (Å²) in [7, 11) is -4.11. The number of nitrogens with zero attached hydrogens (tertiary/aromatic N) is 3. The molecule has 6 fully saturated rings. The van der Waals surface area contributed by atoms with Crippen LogP contribution in [0.1, 0.15) is 101 Å². The molecule has 8 N–H and O–H groups in total. The van der Waals surface area contributed by atoms with Gasteiger partial charge in [0.1, 0.15) is 23.3 Å². The lowest BCUT2D eigenvalue weighted by atomic mass is 9.81. The number of fused-ring (bicyclic) bond motifs is 6. The molecule has 143 heavy (non-hydrogen) atoms. The van der Waals surface area contributed by atoms with Crippen molar-refractivity contribution in [3.8, 4) is 44.5 Å². The highest BCUT2D eigenvalue weighted by atomic mass is 79.9. The quantitative estimate of drug-likeness (QED) is 0.0197. The first-order valence-corrected chi connectivity index (χ1v) is 53.4. The topological polar surface area (TPSA) is 323 Å². The molecule has 0 spiro atoms. The molecule has 4 radical (unpaired) electrons. The predicted molar refractivity (Wildman–Crippen MR) is 526 cm³/mol. The zero-order valence-electron chi connectivity index (χ0n) is 75.4. The highest BCUT2D eigenvalue weighted by Gasteiger charge is 2.58. The van der Waals surface area contributed by atoms with Crippen LogP contribution < -0.4 is 25.6 Å². The van der Waals surface area contributed by atoms with E-state index in [9.17, 15) is 78.8 Å². The Morgan fingerprint density at radius 1 is 0.336 bits per heavy atom. The molecule has 6 bridgehead atoms. The lowest BCUT2D eigenvalue weighted by Gasteiger charge is -2.41. The summed E-state index contributed by atoms with van der Waals surface area (Å²) in [5.41, 5.74) is 16.2. The van der Waals surface area contributed by atoms with Crippen molar-refractivity contribution in [1.82, 2.24) is 28.9 Å². The summed E-state index contributed by atoms with van der Waals surface area (Å²) in [6, 6.07) is 52.3. The fraction of sp³-hybridized carbons (Fsp3) is 0.293. The van der Waals surface area contributed by atoms with Crippen LogP contribution in [0.3, 0.4) is 0 Å². The average molecular weight is 2270 g/mol. The third-order valence-corrected chi connectivity index (χ3v) is 32.5. The van der Waals surface area contributed by atoms with Gasteiger partial charge in [0.15, 0.2) is 18.1 Å². The Balaban J connectivity index is 0.000000170. The molecule has 6 aliphatic heterocycles. The summed E-state index contributed by atoms with van der Waals surface area (Å²) >= 11 is 9.65. The van der Waals surface area contributed by atoms with Crippen LogP contribution in [0.2, 0.25) is 0 Å². The van der Waals surface area contributed by atoms with Gasteiger partial charge in [0.05, 0.1) is 19.6 Å². The Labute approximate surface area is 850 Å². The van der Waals surface area contributed by atoms with Crippen molar-refractivity contribution in [1.29, 1.82) is 0 Å². The van der Waals surface area contributed by atoms with Crippen LogP contribution in [-0.2, 0) is 76.1 Å². The Morgan fingerprint density at radius 2 is 0.510 bits per heavy atom. The van der Waals surface area contributed by atoms with E-state index in [0.29, 0.717) is 117 Å². The summed E-state index contributed by atoms with van der Waals surface area (Å²) in [4.78, 5) is 53.8. The number of nitrogens with one attached hydrogen (secondary N) is 3. The molecule has 754 valence electrons. The van der Waals surface area contributed by atoms with Gasteiger partial charge in [0, 0.05) is 105 Å². The molecule has 6 heterocycles. The fourth-order valence-corrected chi connectivity index (χ4v) is 23.4. The number of nitrogens with two attached hydrogens (primary N) is 2. The van der Waals surface area contributed by atoms with E-state index in [1.165, 1.54) is 197 Å². The van der Waals surface area contributed by atoms with Crippen LogP contribution in [0, 0.1) is 29.2 Å². The van der Waals surface area contributed by atoms with Crippen LogP contribution in [0.4, 0.5) is 57.1 Å². The molecule has 8 unspecified atom stereocenters. The minimum Gasteiger partial charge on any atom is -0.475 e. The molecule has 6 saturated heterocycles. The minimum absolute atomic E-state index is 0.0463. The molecule has 21 nitrogen and oxygen atoms in total. The average Bonchev–Trinajstić information content (AvgIpc) is 1.74. The number of carboxylic acids is 1. The molecule has 11 aromatic carbocycles. The Morgan fingerprint density at radius 3 is 0.692 bits per heavy atom. The van der Waals surface area contributed by atoms with E-state index in [1.807, 2.05) is 9.44 Å². The molecule has 9 atom stereocenters. The number of benzene rings is 11. The van der Waals surface area contributed by atoms with Crippen molar-refractivity contribution in [3.63, 3.8) is 0 Å². The first-order chi connectivity index (χ1) is 67.3. The third kappa shape index (κ3) is 27.6. The van der Waals surface area contributed by atoms with E-state index < -0.39 is 139 Å². The number of hydrogen-bond donors (Lipinski definition) is 6. The first-order valence-electron chi connectivity index (χ1n) is 44.3. The number of aliphatic carboxylic acids is 1. The van der Waals surface area contributed by atoms with Gasteiger partial charge in [-0.15, -0.1) is 0 Å². The summed E-state index contributed by atoms with van der Waals surface area (Å²) in [6.07, 6.45) is 2.24. The summed E-state index contributed by atoms with van der Waals surface area (Å²) in [5, 5.41) is 7.12. The normalized spacial score (nSPS) is 20.0. The van der Waals surface area contributed by atoms with Crippen molar-refractivity contribution in [2.24, 2.45) is 17.4 Å². The van der Waals surface area contributed by atoms with Gasteiger partial charge in [-0.3, -0.25) is 14.4 Å². The van der Waals surface area contributed by atoms with Crippen LogP contribution in [0.25, 0.3) is 44.5 Å². The zero-order chi connectivity index (χ0) is 104. The van der Waals surface area contributed by atoms with Gasteiger partial charge >= 0.3 is 12.1 Å². The molecular weight excluding hydrogens is 2180 g/mol. The molecule has 0 aromatic heterocycles. The molecule has 0 aliphatic carbocycles. The number of rotatable bonds is 23. The van der Waals surface area contributed by atoms with Gasteiger partial charge < -0.3 is 31.3 Å². The number of sulfonamides is 3. The molecule has 11 aromatic rings. The van der Waals surface area contributed by atoms with Crippen molar-refractivity contribution >= 4 is 137 Å². The van der Waals surface area contributed by atoms with E-state index in [4.69, 9.17) is 32.1 Å². The number of carbonyl (C=O) groups excluding carboxylic acids is 3. The summed E-state index contributed by atoms with van der Waals surface area (Å²) in [5.74, 6) is -18.3. The lowest BCUT2D eigenvalue weighted by Crippen LogP contribution is -2.60. The molecular formula is C99H91B2Br3ClF13N8O13S4. The van der Waals surface area contributed by atoms with E-state index in [2.05, 4.69) is 74.9 Å². The second-order valence-corrected chi connectivity index (χ2v) is 45.3. The minimum atomic E-state index is -5.08. The number of hydrogen-bond acceptors (Lipinski definition) is 14. The van der Waals surface area contributed by atoms with Gasteiger partial charge in [-0.25, -0.2) is 56.0 Å². The number of carboxylic acid groups (broad SMARTS) is 1. The van der Waals surface area contributed by atoms with Gasteiger partial charge in [-0.05, 0) is 261 Å². The lowest BCUT2D eigenvalue weighted by molar-refractivity contribution is -0.192.